The second-order valence-corrected chi connectivity index (χ2v) is 7.78. The molecule has 2 heterocycles. The minimum atomic E-state index is -0.108. The third-order valence-corrected chi connectivity index (χ3v) is 5.63. The van der Waals surface area contributed by atoms with Gasteiger partial charge in [0.15, 0.2) is 5.16 Å². The number of rotatable bonds is 7. The molecule has 3 aromatic rings. The van der Waals surface area contributed by atoms with Crippen molar-refractivity contribution >= 4 is 23.4 Å². The van der Waals surface area contributed by atoms with Gasteiger partial charge in [0.05, 0.1) is 13.2 Å². The van der Waals surface area contributed by atoms with E-state index in [0.29, 0.717) is 5.56 Å². The van der Waals surface area contributed by atoms with Crippen LogP contribution in [-0.4, -0.2) is 52.3 Å². The molecule has 150 valence electrons. The van der Waals surface area contributed by atoms with Crippen molar-refractivity contribution in [3.05, 3.63) is 71.5 Å². The lowest BCUT2D eigenvalue weighted by Crippen LogP contribution is -2.35. The minimum absolute atomic E-state index is 0.108. The zero-order valence-corrected chi connectivity index (χ0v) is 16.8. The topological polar surface area (TPSA) is 83.1 Å². The molecule has 0 saturated carbocycles. The highest BCUT2D eigenvalue weighted by molar-refractivity contribution is 7.98. The van der Waals surface area contributed by atoms with Crippen LogP contribution in [0.5, 0.6) is 0 Å². The molecule has 29 heavy (non-hydrogen) atoms. The number of hydrogen-bond donors (Lipinski definition) is 2. The van der Waals surface area contributed by atoms with Crippen molar-refractivity contribution < 1.29 is 9.53 Å². The summed E-state index contributed by atoms with van der Waals surface area (Å²) >= 11 is 1.57. The molecule has 0 spiro atoms. The number of ether oxygens (including phenoxy) is 1. The number of thioether (sulfide) groups is 1. The number of amides is 1. The molecular weight excluding hydrogens is 386 g/mol. The lowest BCUT2D eigenvalue weighted by Gasteiger charge is -2.26. The van der Waals surface area contributed by atoms with Crippen LogP contribution in [0.25, 0.3) is 0 Å². The smallest absolute Gasteiger partial charge is 0.255 e. The van der Waals surface area contributed by atoms with Crippen LogP contribution < -0.4 is 5.32 Å². The van der Waals surface area contributed by atoms with Gasteiger partial charge in [-0.05, 0) is 35.4 Å². The fourth-order valence-corrected chi connectivity index (χ4v) is 3.87. The number of aromatic amines is 1. The predicted molar refractivity (Wildman–Crippen MR) is 113 cm³/mol. The second kappa shape index (κ2) is 9.69. The Morgan fingerprint density at radius 1 is 1.14 bits per heavy atom. The zero-order chi connectivity index (χ0) is 19.9. The molecular formula is C21H23N5O2S. The number of aromatic nitrogens is 3. The van der Waals surface area contributed by atoms with Crippen LogP contribution in [0.4, 0.5) is 5.69 Å². The Balaban J connectivity index is 1.33. The molecule has 2 aromatic carbocycles. The Morgan fingerprint density at radius 2 is 1.97 bits per heavy atom. The molecule has 8 heteroatoms. The number of nitrogens with one attached hydrogen (secondary N) is 2. The van der Waals surface area contributed by atoms with Crippen molar-refractivity contribution in [2.45, 2.75) is 17.5 Å². The maximum atomic E-state index is 12.6. The summed E-state index contributed by atoms with van der Waals surface area (Å²) in [4.78, 5) is 19.1. The van der Waals surface area contributed by atoms with Crippen LogP contribution in [0.3, 0.4) is 0 Å². The van der Waals surface area contributed by atoms with E-state index in [4.69, 9.17) is 4.74 Å². The zero-order valence-electron chi connectivity index (χ0n) is 16.0. The highest BCUT2D eigenvalue weighted by Crippen LogP contribution is 2.19. The number of anilines is 1. The molecule has 0 aliphatic carbocycles. The van der Waals surface area contributed by atoms with Crippen molar-refractivity contribution in [3.63, 3.8) is 0 Å². The molecule has 1 amide bonds. The molecule has 2 N–H and O–H groups in total. The van der Waals surface area contributed by atoms with Crippen molar-refractivity contribution in [2.75, 3.05) is 31.6 Å². The fraction of sp³-hybridized carbons (Fsp3) is 0.286. The van der Waals surface area contributed by atoms with Crippen molar-refractivity contribution in [1.82, 2.24) is 20.1 Å². The van der Waals surface area contributed by atoms with Gasteiger partial charge in [-0.2, -0.15) is 5.10 Å². The van der Waals surface area contributed by atoms with Gasteiger partial charge in [0, 0.05) is 36.6 Å². The molecule has 1 aliphatic heterocycles. The van der Waals surface area contributed by atoms with E-state index in [2.05, 4.69) is 31.5 Å². The maximum Gasteiger partial charge on any atom is 0.255 e. The predicted octanol–water partition coefficient (Wildman–Crippen LogP) is 3.18. The van der Waals surface area contributed by atoms with E-state index in [1.165, 1.54) is 11.9 Å². The quantitative estimate of drug-likeness (QED) is 0.583. The van der Waals surface area contributed by atoms with E-state index in [1.54, 1.807) is 11.8 Å². The van der Waals surface area contributed by atoms with Gasteiger partial charge in [-0.15, -0.1) is 0 Å². The Hall–Kier alpha value is -2.68. The summed E-state index contributed by atoms with van der Waals surface area (Å²) in [5, 5.41) is 10.4. The Bertz CT molecular complexity index is 925. The van der Waals surface area contributed by atoms with E-state index in [1.807, 2.05) is 42.5 Å². The number of carbonyl (C=O) groups excluding carboxylic acids is 1. The molecule has 4 rings (SSSR count). The molecule has 0 radical (unpaired) electrons. The fourth-order valence-electron chi connectivity index (χ4n) is 3.14. The molecule has 0 unspecified atom stereocenters. The van der Waals surface area contributed by atoms with Gasteiger partial charge in [-0.1, -0.05) is 36.0 Å². The standard InChI is InChI=1S/C21H23N5O2S/c27-20(18-6-4-16(5-7-18)14-29-21-22-15-23-25-21)24-19-3-1-2-17(12-19)13-26-8-10-28-11-9-26/h1-7,12,15H,8-11,13-14H2,(H,24,27)(H,22,23,25). The summed E-state index contributed by atoms with van der Waals surface area (Å²) < 4.78 is 5.40. The molecule has 0 bridgehead atoms. The third-order valence-electron chi connectivity index (χ3n) is 4.68. The largest absolute Gasteiger partial charge is 0.379 e. The summed E-state index contributed by atoms with van der Waals surface area (Å²) in [6.45, 7) is 4.31. The molecule has 0 atom stereocenters. The first-order valence-corrected chi connectivity index (χ1v) is 10.5. The monoisotopic (exact) mass is 409 g/mol. The van der Waals surface area contributed by atoms with Crippen LogP contribution in [0, 0.1) is 0 Å². The van der Waals surface area contributed by atoms with E-state index in [-0.39, 0.29) is 5.91 Å². The number of benzene rings is 2. The maximum absolute atomic E-state index is 12.6. The number of hydrogen-bond acceptors (Lipinski definition) is 6. The van der Waals surface area contributed by atoms with Crippen molar-refractivity contribution in [1.29, 1.82) is 0 Å². The van der Waals surface area contributed by atoms with Gasteiger partial charge in [-0.3, -0.25) is 14.8 Å². The van der Waals surface area contributed by atoms with E-state index in [9.17, 15) is 4.79 Å². The van der Waals surface area contributed by atoms with Gasteiger partial charge in [0.25, 0.3) is 5.91 Å². The van der Waals surface area contributed by atoms with E-state index in [0.717, 1.165) is 55.0 Å². The van der Waals surface area contributed by atoms with Crippen molar-refractivity contribution in [3.8, 4) is 0 Å². The highest BCUT2D eigenvalue weighted by atomic mass is 32.2. The summed E-state index contributed by atoms with van der Waals surface area (Å²) in [6.07, 6.45) is 1.49. The van der Waals surface area contributed by atoms with Crippen molar-refractivity contribution in [2.24, 2.45) is 0 Å². The number of nitrogens with zero attached hydrogens (tertiary/aromatic N) is 3. The summed E-state index contributed by atoms with van der Waals surface area (Å²) in [6, 6.07) is 15.7. The Kier molecular flexibility index (Phi) is 6.56. The number of morpholine rings is 1. The SMILES string of the molecule is O=C(Nc1cccc(CN2CCOCC2)c1)c1ccc(CSc2ncn[nH]2)cc1. The molecule has 1 saturated heterocycles. The number of H-pyrrole nitrogens is 1. The first kappa shape index (κ1) is 19.6. The van der Waals surface area contributed by atoms with Crippen LogP contribution in [0.2, 0.25) is 0 Å². The minimum Gasteiger partial charge on any atom is -0.379 e. The second-order valence-electron chi connectivity index (χ2n) is 6.82. The summed E-state index contributed by atoms with van der Waals surface area (Å²) in [5.74, 6) is 0.656. The Morgan fingerprint density at radius 3 is 2.72 bits per heavy atom. The van der Waals surface area contributed by atoms with Gasteiger partial charge in [-0.25, -0.2) is 4.98 Å². The van der Waals surface area contributed by atoms with Gasteiger partial charge >= 0.3 is 0 Å². The van der Waals surface area contributed by atoms with Gasteiger partial charge in [0.1, 0.15) is 6.33 Å². The molecule has 1 fully saturated rings. The van der Waals surface area contributed by atoms with Crippen LogP contribution >= 0.6 is 11.8 Å². The first-order chi connectivity index (χ1) is 14.3. The lowest BCUT2D eigenvalue weighted by atomic mass is 10.1. The molecule has 1 aliphatic rings. The van der Waals surface area contributed by atoms with E-state index >= 15 is 0 Å². The van der Waals surface area contributed by atoms with Gasteiger partial charge < -0.3 is 10.1 Å². The summed E-state index contributed by atoms with van der Waals surface area (Å²) in [5.41, 5.74) is 3.75. The normalized spacial score (nSPS) is 14.6. The van der Waals surface area contributed by atoms with E-state index < -0.39 is 0 Å². The van der Waals surface area contributed by atoms with Crippen LogP contribution in [-0.2, 0) is 17.0 Å². The average molecular weight is 410 g/mol. The highest BCUT2D eigenvalue weighted by Gasteiger charge is 2.12. The average Bonchev–Trinajstić information content (AvgIpc) is 3.27. The summed E-state index contributed by atoms with van der Waals surface area (Å²) in [7, 11) is 0. The lowest BCUT2D eigenvalue weighted by molar-refractivity contribution is 0.0342. The number of carbonyl (C=O) groups is 1. The van der Waals surface area contributed by atoms with Crippen LogP contribution in [0.15, 0.2) is 60.0 Å². The third kappa shape index (κ3) is 5.66. The molecule has 1 aromatic heterocycles. The van der Waals surface area contributed by atoms with Gasteiger partial charge in [0.2, 0.25) is 0 Å². The first-order valence-electron chi connectivity index (χ1n) is 9.54. The molecule has 7 nitrogen and oxygen atoms in total. The Labute approximate surface area is 173 Å². The van der Waals surface area contributed by atoms with Crippen LogP contribution in [0.1, 0.15) is 21.5 Å².